The Bertz CT molecular complexity index is 780. The van der Waals surface area contributed by atoms with Gasteiger partial charge in [0, 0.05) is 29.0 Å². The van der Waals surface area contributed by atoms with Crippen LogP contribution < -0.4 is 5.32 Å². The number of rotatable bonds is 3. The highest BCUT2D eigenvalue weighted by Gasteiger charge is 2.05. The maximum Gasteiger partial charge on any atom is 0.411 e. The summed E-state index contributed by atoms with van der Waals surface area (Å²) < 4.78 is 4.87. The molecular weight excluding hydrogens is 266 g/mol. The van der Waals surface area contributed by atoms with Gasteiger partial charge in [-0.15, -0.1) is 0 Å². The summed E-state index contributed by atoms with van der Waals surface area (Å²) in [5.41, 5.74) is 3.54. The number of anilines is 1. The molecule has 0 aliphatic heterocycles. The number of nitrogens with zero attached hydrogens (tertiary/aromatic N) is 1. The lowest BCUT2D eigenvalue weighted by molar-refractivity contribution is 0.168. The fraction of sp³-hybridized carbons (Fsp3) is 0.125. The molecule has 0 aliphatic rings. The summed E-state index contributed by atoms with van der Waals surface area (Å²) in [5, 5.41) is 3.75. The number of pyridine rings is 1. The van der Waals surface area contributed by atoms with Crippen molar-refractivity contribution in [1.82, 2.24) is 9.97 Å². The minimum atomic E-state index is -0.450. The van der Waals surface area contributed by atoms with Crippen LogP contribution in [0.4, 0.5) is 10.5 Å². The van der Waals surface area contributed by atoms with Gasteiger partial charge in [-0.3, -0.25) is 5.32 Å². The molecule has 3 rings (SSSR count). The van der Waals surface area contributed by atoms with Gasteiger partial charge in [0.15, 0.2) is 0 Å². The Morgan fingerprint density at radius 3 is 3.05 bits per heavy atom. The lowest BCUT2D eigenvalue weighted by Crippen LogP contribution is -2.13. The number of ether oxygens (including phenoxy) is 1. The zero-order valence-corrected chi connectivity index (χ0v) is 11.6. The highest BCUT2D eigenvalue weighted by Crippen LogP contribution is 2.24. The summed E-state index contributed by atoms with van der Waals surface area (Å²) in [5.74, 6) is 0. The normalized spacial score (nSPS) is 10.5. The molecule has 2 N–H and O–H groups in total. The van der Waals surface area contributed by atoms with E-state index in [0.717, 1.165) is 22.2 Å². The average molecular weight is 281 g/mol. The predicted octanol–water partition coefficient (Wildman–Crippen LogP) is 3.80. The second-order valence-electron chi connectivity index (χ2n) is 4.57. The smallest absolute Gasteiger partial charge is 0.411 e. The van der Waals surface area contributed by atoms with Crippen molar-refractivity contribution >= 4 is 22.8 Å². The molecule has 0 fully saturated rings. The van der Waals surface area contributed by atoms with Crippen LogP contribution >= 0.6 is 0 Å². The number of hydrogen-bond acceptors (Lipinski definition) is 3. The molecule has 5 nitrogen and oxygen atoms in total. The summed E-state index contributed by atoms with van der Waals surface area (Å²) in [6.07, 6.45) is 3.22. The zero-order chi connectivity index (χ0) is 14.7. The van der Waals surface area contributed by atoms with Crippen molar-refractivity contribution < 1.29 is 9.53 Å². The summed E-state index contributed by atoms with van der Waals surface area (Å²) in [6, 6.07) is 11.6. The van der Waals surface area contributed by atoms with Crippen LogP contribution in [0, 0.1) is 0 Å². The number of benzene rings is 1. The molecule has 0 saturated heterocycles. The maximum absolute atomic E-state index is 11.5. The van der Waals surface area contributed by atoms with Crippen LogP contribution in [0.15, 0.2) is 48.8 Å². The van der Waals surface area contributed by atoms with E-state index in [2.05, 4.69) is 21.4 Å². The summed E-state index contributed by atoms with van der Waals surface area (Å²) in [6.45, 7) is 2.12. The number of aromatic nitrogens is 2. The van der Waals surface area contributed by atoms with Gasteiger partial charge in [0.05, 0.1) is 6.61 Å². The van der Waals surface area contributed by atoms with Crippen molar-refractivity contribution in [1.29, 1.82) is 0 Å². The number of amides is 1. The topological polar surface area (TPSA) is 67.0 Å². The Balaban J connectivity index is 1.89. The SMILES string of the molecule is CCOC(=O)Nc1cccc(-c2cnc3[nH]ccc3c2)c1. The van der Waals surface area contributed by atoms with Gasteiger partial charge in [0.2, 0.25) is 0 Å². The van der Waals surface area contributed by atoms with E-state index in [1.807, 2.05) is 42.7 Å². The third-order valence-electron chi connectivity index (χ3n) is 3.12. The molecule has 0 atom stereocenters. The Morgan fingerprint density at radius 2 is 2.19 bits per heavy atom. The first-order chi connectivity index (χ1) is 10.3. The third kappa shape index (κ3) is 2.86. The van der Waals surface area contributed by atoms with E-state index < -0.39 is 6.09 Å². The van der Waals surface area contributed by atoms with Crippen LogP contribution in [0.2, 0.25) is 0 Å². The molecule has 5 heteroatoms. The van der Waals surface area contributed by atoms with Crippen molar-refractivity contribution in [2.75, 3.05) is 11.9 Å². The van der Waals surface area contributed by atoms with Gasteiger partial charge in [-0.2, -0.15) is 0 Å². The fourth-order valence-corrected chi connectivity index (χ4v) is 2.16. The fourth-order valence-electron chi connectivity index (χ4n) is 2.16. The number of aromatic amines is 1. The number of carbonyl (C=O) groups is 1. The summed E-state index contributed by atoms with van der Waals surface area (Å²) in [7, 11) is 0. The van der Waals surface area contributed by atoms with Crippen molar-refractivity contribution in [2.45, 2.75) is 6.92 Å². The van der Waals surface area contributed by atoms with Crippen molar-refractivity contribution in [3.05, 3.63) is 48.8 Å². The number of hydrogen-bond donors (Lipinski definition) is 2. The second-order valence-corrected chi connectivity index (χ2v) is 4.57. The summed E-state index contributed by atoms with van der Waals surface area (Å²) >= 11 is 0. The largest absolute Gasteiger partial charge is 0.450 e. The monoisotopic (exact) mass is 281 g/mol. The molecule has 0 unspecified atom stereocenters. The Hall–Kier alpha value is -2.82. The second kappa shape index (κ2) is 5.66. The molecule has 2 heterocycles. The molecule has 106 valence electrons. The molecule has 2 aromatic heterocycles. The quantitative estimate of drug-likeness (QED) is 0.767. The first-order valence-corrected chi connectivity index (χ1v) is 6.73. The average Bonchev–Trinajstić information content (AvgIpc) is 2.95. The molecule has 3 aromatic rings. The van der Waals surface area contributed by atoms with Crippen LogP contribution in [0.3, 0.4) is 0 Å². The first-order valence-electron chi connectivity index (χ1n) is 6.73. The minimum absolute atomic E-state index is 0.347. The number of carbonyl (C=O) groups excluding carboxylic acids is 1. The predicted molar refractivity (Wildman–Crippen MR) is 82.2 cm³/mol. The Kier molecular flexibility index (Phi) is 3.55. The standard InChI is InChI=1S/C16H15N3O2/c1-2-21-16(20)19-14-5-3-4-11(9-14)13-8-12-6-7-17-15(12)18-10-13/h3-10H,2H2,1H3,(H,17,18)(H,19,20). The first kappa shape index (κ1) is 13.2. The van der Waals surface area contributed by atoms with E-state index in [9.17, 15) is 4.79 Å². The van der Waals surface area contributed by atoms with Gasteiger partial charge in [-0.1, -0.05) is 12.1 Å². The molecule has 21 heavy (non-hydrogen) atoms. The van der Waals surface area contributed by atoms with Gasteiger partial charge in [0.25, 0.3) is 0 Å². The van der Waals surface area contributed by atoms with Gasteiger partial charge >= 0.3 is 6.09 Å². The maximum atomic E-state index is 11.5. The van der Waals surface area contributed by atoms with Crippen molar-refractivity contribution in [3.63, 3.8) is 0 Å². The van der Waals surface area contributed by atoms with Gasteiger partial charge in [-0.05, 0) is 36.8 Å². The molecule has 0 aliphatic carbocycles. The molecule has 0 spiro atoms. The molecule has 1 aromatic carbocycles. The molecule has 0 bridgehead atoms. The van der Waals surface area contributed by atoms with Crippen LogP contribution in [-0.2, 0) is 4.74 Å². The van der Waals surface area contributed by atoms with E-state index in [1.165, 1.54) is 0 Å². The molecule has 0 radical (unpaired) electrons. The van der Waals surface area contributed by atoms with E-state index in [-0.39, 0.29) is 0 Å². The summed E-state index contributed by atoms with van der Waals surface area (Å²) in [4.78, 5) is 18.9. The number of nitrogens with one attached hydrogen (secondary N) is 2. The highest BCUT2D eigenvalue weighted by atomic mass is 16.5. The van der Waals surface area contributed by atoms with Crippen LogP contribution in [0.5, 0.6) is 0 Å². The highest BCUT2D eigenvalue weighted by molar-refractivity contribution is 5.87. The van der Waals surface area contributed by atoms with Gasteiger partial charge in [-0.25, -0.2) is 9.78 Å². The third-order valence-corrected chi connectivity index (χ3v) is 3.12. The van der Waals surface area contributed by atoms with Crippen LogP contribution in [0.25, 0.3) is 22.2 Å². The van der Waals surface area contributed by atoms with Crippen molar-refractivity contribution in [3.8, 4) is 11.1 Å². The minimum Gasteiger partial charge on any atom is -0.450 e. The number of fused-ring (bicyclic) bond motifs is 1. The molecule has 1 amide bonds. The van der Waals surface area contributed by atoms with Crippen molar-refractivity contribution in [2.24, 2.45) is 0 Å². The van der Waals surface area contributed by atoms with Gasteiger partial charge in [0.1, 0.15) is 5.65 Å². The van der Waals surface area contributed by atoms with Crippen LogP contribution in [0.1, 0.15) is 6.92 Å². The Labute approximate surface area is 122 Å². The Morgan fingerprint density at radius 1 is 1.29 bits per heavy atom. The van der Waals surface area contributed by atoms with E-state index in [1.54, 1.807) is 6.92 Å². The van der Waals surface area contributed by atoms with E-state index in [4.69, 9.17) is 4.74 Å². The number of H-pyrrole nitrogens is 1. The molecular formula is C16H15N3O2. The lowest BCUT2D eigenvalue weighted by Gasteiger charge is -2.07. The zero-order valence-electron chi connectivity index (χ0n) is 11.6. The van der Waals surface area contributed by atoms with E-state index >= 15 is 0 Å². The molecule has 0 saturated carbocycles. The van der Waals surface area contributed by atoms with E-state index in [0.29, 0.717) is 12.3 Å². The lowest BCUT2D eigenvalue weighted by atomic mass is 10.1. The van der Waals surface area contributed by atoms with Crippen LogP contribution in [-0.4, -0.2) is 22.7 Å². The van der Waals surface area contributed by atoms with Gasteiger partial charge < -0.3 is 9.72 Å².